The number of aromatic nitrogens is 2. The van der Waals surface area contributed by atoms with Crippen LogP contribution in [0.2, 0.25) is 0 Å². The van der Waals surface area contributed by atoms with Gasteiger partial charge >= 0.3 is 0 Å². The summed E-state index contributed by atoms with van der Waals surface area (Å²) in [5.41, 5.74) is 6.24. The number of nitrogens with zero attached hydrogens (tertiary/aromatic N) is 1. The summed E-state index contributed by atoms with van der Waals surface area (Å²) in [5.74, 6) is -1.88. The second kappa shape index (κ2) is 5.11. The zero-order valence-corrected chi connectivity index (χ0v) is 7.90. The lowest BCUT2D eigenvalue weighted by Gasteiger charge is -2.11. The van der Waals surface area contributed by atoms with Crippen molar-refractivity contribution in [3.8, 4) is 0 Å². The first kappa shape index (κ1) is 11.2. The minimum absolute atomic E-state index is 0.277. The second-order valence-corrected chi connectivity index (χ2v) is 2.98. The number of aromatic amines is 1. The van der Waals surface area contributed by atoms with Gasteiger partial charge in [-0.15, -0.1) is 0 Å². The summed E-state index contributed by atoms with van der Waals surface area (Å²) >= 11 is 0. The van der Waals surface area contributed by atoms with Crippen LogP contribution in [-0.2, 0) is 16.0 Å². The van der Waals surface area contributed by atoms with Gasteiger partial charge in [-0.05, 0) is 0 Å². The van der Waals surface area contributed by atoms with Crippen molar-refractivity contribution < 1.29 is 14.7 Å². The van der Waals surface area contributed by atoms with E-state index in [4.69, 9.17) is 5.73 Å². The zero-order chi connectivity index (χ0) is 11.3. The van der Waals surface area contributed by atoms with Crippen LogP contribution in [0.3, 0.4) is 0 Å². The van der Waals surface area contributed by atoms with Gasteiger partial charge in [0.15, 0.2) is 0 Å². The van der Waals surface area contributed by atoms with Gasteiger partial charge in [0.25, 0.3) is 0 Å². The van der Waals surface area contributed by atoms with E-state index in [0.29, 0.717) is 5.69 Å². The molecule has 0 fully saturated rings. The third-order valence-electron chi connectivity index (χ3n) is 1.74. The Labute approximate surface area is 85.7 Å². The summed E-state index contributed by atoms with van der Waals surface area (Å²) in [7, 11) is 0. The minimum Gasteiger partial charge on any atom is -0.548 e. The highest BCUT2D eigenvalue weighted by molar-refractivity contribution is 5.84. The molecule has 0 bridgehead atoms. The number of rotatable bonds is 5. The van der Waals surface area contributed by atoms with Gasteiger partial charge in [0.1, 0.15) is 0 Å². The van der Waals surface area contributed by atoms with Gasteiger partial charge in [0.2, 0.25) is 5.91 Å². The maximum atomic E-state index is 11.2. The molecule has 0 aliphatic carbocycles. The van der Waals surface area contributed by atoms with Crippen LogP contribution in [0.5, 0.6) is 0 Å². The highest BCUT2D eigenvalue weighted by atomic mass is 16.4. The molecule has 15 heavy (non-hydrogen) atoms. The average molecular weight is 211 g/mol. The molecule has 82 valence electrons. The minimum atomic E-state index is -1.35. The SMILES string of the molecule is NC(Cc1cnc[nH]1)C(=O)NCC(=O)[O-]. The van der Waals surface area contributed by atoms with Gasteiger partial charge in [0.05, 0.1) is 24.9 Å². The lowest BCUT2D eigenvalue weighted by Crippen LogP contribution is -2.46. The maximum Gasteiger partial charge on any atom is 0.237 e. The monoisotopic (exact) mass is 211 g/mol. The molecule has 1 aromatic rings. The van der Waals surface area contributed by atoms with Crippen LogP contribution in [-0.4, -0.2) is 34.4 Å². The predicted octanol–water partition coefficient (Wildman–Crippen LogP) is -2.85. The van der Waals surface area contributed by atoms with Gasteiger partial charge in [-0.1, -0.05) is 0 Å². The fourth-order valence-corrected chi connectivity index (χ4v) is 1.02. The van der Waals surface area contributed by atoms with Crippen LogP contribution >= 0.6 is 0 Å². The molecule has 4 N–H and O–H groups in total. The van der Waals surface area contributed by atoms with Gasteiger partial charge in [-0.2, -0.15) is 0 Å². The van der Waals surface area contributed by atoms with E-state index in [1.165, 1.54) is 6.33 Å². The number of imidazole rings is 1. The van der Waals surface area contributed by atoms with E-state index < -0.39 is 24.5 Å². The Kier molecular flexibility index (Phi) is 3.81. The van der Waals surface area contributed by atoms with Crippen molar-refractivity contribution >= 4 is 11.9 Å². The second-order valence-electron chi connectivity index (χ2n) is 2.98. The van der Waals surface area contributed by atoms with Crippen LogP contribution in [0.15, 0.2) is 12.5 Å². The fraction of sp³-hybridized carbons (Fsp3) is 0.375. The number of carbonyl (C=O) groups is 2. The summed E-state index contributed by atoms with van der Waals surface area (Å²) in [5, 5.41) is 12.2. The number of hydrogen-bond donors (Lipinski definition) is 3. The first-order valence-electron chi connectivity index (χ1n) is 4.30. The van der Waals surface area contributed by atoms with Gasteiger partial charge in [0, 0.05) is 18.3 Å². The van der Waals surface area contributed by atoms with Crippen LogP contribution in [0.1, 0.15) is 5.69 Å². The van der Waals surface area contributed by atoms with Crippen molar-refractivity contribution in [1.82, 2.24) is 15.3 Å². The molecule has 7 nitrogen and oxygen atoms in total. The number of nitrogens with one attached hydrogen (secondary N) is 2. The summed E-state index contributed by atoms with van der Waals surface area (Å²) < 4.78 is 0. The third kappa shape index (κ3) is 3.77. The van der Waals surface area contributed by atoms with Crippen LogP contribution in [0.4, 0.5) is 0 Å². The molecule has 0 spiro atoms. The van der Waals surface area contributed by atoms with Crippen molar-refractivity contribution in [2.75, 3.05) is 6.54 Å². The number of H-pyrrole nitrogens is 1. The van der Waals surface area contributed by atoms with E-state index in [9.17, 15) is 14.7 Å². The summed E-state index contributed by atoms with van der Waals surface area (Å²) in [6.07, 6.45) is 3.30. The highest BCUT2D eigenvalue weighted by Crippen LogP contribution is 1.95. The average Bonchev–Trinajstić information content (AvgIpc) is 2.66. The molecule has 1 rings (SSSR count). The Morgan fingerprint density at radius 2 is 2.40 bits per heavy atom. The largest absolute Gasteiger partial charge is 0.548 e. The molecular weight excluding hydrogens is 200 g/mol. The quantitative estimate of drug-likeness (QED) is 0.483. The van der Waals surface area contributed by atoms with Crippen molar-refractivity contribution in [1.29, 1.82) is 0 Å². The maximum absolute atomic E-state index is 11.2. The number of carbonyl (C=O) groups excluding carboxylic acids is 2. The molecule has 0 aliphatic heterocycles. The summed E-state index contributed by atoms with van der Waals surface area (Å²) in [6, 6.07) is -0.801. The van der Waals surface area contributed by atoms with E-state index in [1.807, 2.05) is 0 Å². The van der Waals surface area contributed by atoms with Gasteiger partial charge in [-0.3, -0.25) is 4.79 Å². The molecule has 0 aliphatic rings. The van der Waals surface area contributed by atoms with E-state index in [1.54, 1.807) is 6.20 Å². The van der Waals surface area contributed by atoms with Crippen LogP contribution < -0.4 is 16.2 Å². The molecule has 1 amide bonds. The van der Waals surface area contributed by atoms with Crippen molar-refractivity contribution in [2.24, 2.45) is 5.73 Å². The van der Waals surface area contributed by atoms with Gasteiger partial charge < -0.3 is 25.9 Å². The van der Waals surface area contributed by atoms with E-state index in [0.717, 1.165) is 0 Å². The number of amides is 1. The molecule has 1 aromatic heterocycles. The van der Waals surface area contributed by atoms with Crippen LogP contribution in [0, 0.1) is 0 Å². The first-order chi connectivity index (χ1) is 7.09. The highest BCUT2D eigenvalue weighted by Gasteiger charge is 2.13. The van der Waals surface area contributed by atoms with Crippen LogP contribution in [0.25, 0.3) is 0 Å². The Balaban J connectivity index is 2.36. The number of carboxylic acid groups (broad SMARTS) is 1. The smallest absolute Gasteiger partial charge is 0.237 e. The fourth-order valence-electron chi connectivity index (χ4n) is 1.02. The lowest BCUT2D eigenvalue weighted by atomic mass is 10.1. The Morgan fingerprint density at radius 3 is 2.93 bits per heavy atom. The van der Waals surface area contributed by atoms with Crippen molar-refractivity contribution in [3.05, 3.63) is 18.2 Å². The zero-order valence-electron chi connectivity index (χ0n) is 7.90. The summed E-state index contributed by atoms with van der Waals surface area (Å²) in [4.78, 5) is 27.8. The molecule has 0 radical (unpaired) electrons. The first-order valence-corrected chi connectivity index (χ1v) is 4.30. The Bertz CT molecular complexity index is 336. The lowest BCUT2D eigenvalue weighted by molar-refractivity contribution is -0.304. The Hall–Kier alpha value is -1.89. The number of carboxylic acids is 1. The predicted molar refractivity (Wildman–Crippen MR) is 48.3 cm³/mol. The van der Waals surface area contributed by atoms with E-state index in [2.05, 4.69) is 15.3 Å². The molecule has 0 saturated heterocycles. The van der Waals surface area contributed by atoms with Crippen molar-refractivity contribution in [2.45, 2.75) is 12.5 Å². The summed E-state index contributed by atoms with van der Waals surface area (Å²) in [6.45, 7) is -0.532. The van der Waals surface area contributed by atoms with Crippen molar-refractivity contribution in [3.63, 3.8) is 0 Å². The standard InChI is InChI=1S/C8H12N4O3/c9-6(1-5-2-10-4-12-5)8(15)11-3-7(13)14/h2,4,6H,1,3,9H2,(H,10,12)(H,11,15)(H,13,14)/p-1. The van der Waals surface area contributed by atoms with E-state index >= 15 is 0 Å². The molecule has 7 heteroatoms. The molecule has 1 unspecified atom stereocenters. The molecule has 1 heterocycles. The third-order valence-corrected chi connectivity index (χ3v) is 1.74. The number of aliphatic carboxylic acids is 1. The molecular formula is C8H11N4O3-. The van der Waals surface area contributed by atoms with Gasteiger partial charge in [-0.25, -0.2) is 4.98 Å². The number of nitrogens with two attached hydrogens (primary N) is 1. The van der Waals surface area contributed by atoms with E-state index in [-0.39, 0.29) is 6.42 Å². The topological polar surface area (TPSA) is 124 Å². The molecule has 0 aromatic carbocycles. The Morgan fingerprint density at radius 1 is 1.67 bits per heavy atom. The number of hydrogen-bond acceptors (Lipinski definition) is 5. The molecule has 1 atom stereocenters. The molecule has 0 saturated carbocycles. The normalized spacial score (nSPS) is 12.1.